The van der Waals surface area contributed by atoms with E-state index in [2.05, 4.69) is 91.1 Å². The number of thioether (sulfide) groups is 2. The first-order chi connectivity index (χ1) is 15.7. The maximum Gasteiger partial charge on any atom is 0.119 e. The predicted molar refractivity (Wildman–Crippen MR) is 140 cm³/mol. The molecule has 1 saturated heterocycles. The molecule has 1 atom stereocenters. The van der Waals surface area contributed by atoms with E-state index < -0.39 is 0 Å². The van der Waals surface area contributed by atoms with Gasteiger partial charge in [0.05, 0.1) is 23.9 Å². The van der Waals surface area contributed by atoms with Gasteiger partial charge in [-0.15, -0.1) is 23.5 Å². The van der Waals surface area contributed by atoms with Gasteiger partial charge in [0.15, 0.2) is 0 Å². The predicted octanol–water partition coefficient (Wildman–Crippen LogP) is 7.45. The summed E-state index contributed by atoms with van der Waals surface area (Å²) in [6.07, 6.45) is 10.3. The Labute approximate surface area is 201 Å². The second-order valence-corrected chi connectivity index (χ2v) is 11.6. The lowest BCUT2D eigenvalue weighted by atomic mass is 10.0. The lowest BCUT2D eigenvalue weighted by Crippen LogP contribution is -2.21. The number of aryl methyl sites for hydroxylation is 1. The molecule has 2 aliphatic rings. The molecule has 32 heavy (non-hydrogen) atoms. The zero-order valence-electron chi connectivity index (χ0n) is 19.2. The van der Waals surface area contributed by atoms with E-state index in [9.17, 15) is 0 Å². The molecular formula is C28H34O2S2. The number of methoxy groups -OCH3 is 1. The highest BCUT2D eigenvalue weighted by Gasteiger charge is 2.43. The summed E-state index contributed by atoms with van der Waals surface area (Å²) >= 11 is 4.33. The van der Waals surface area contributed by atoms with Gasteiger partial charge < -0.3 is 9.47 Å². The van der Waals surface area contributed by atoms with Gasteiger partial charge in [-0.25, -0.2) is 0 Å². The lowest BCUT2D eigenvalue weighted by molar-refractivity contribution is 0.0716. The molecular weight excluding hydrogens is 432 g/mol. The summed E-state index contributed by atoms with van der Waals surface area (Å²) in [4.78, 5) is 0. The van der Waals surface area contributed by atoms with Gasteiger partial charge in [0.1, 0.15) is 5.75 Å². The molecule has 170 valence electrons. The first-order valence-corrected chi connectivity index (χ1v) is 13.6. The fraction of sp³-hybridized carbons (Fsp3) is 0.429. The Kier molecular flexibility index (Phi) is 8.45. The third kappa shape index (κ3) is 6.03. The number of rotatable bonds is 10. The Balaban J connectivity index is 1.42. The van der Waals surface area contributed by atoms with E-state index in [-0.39, 0.29) is 6.10 Å². The Morgan fingerprint density at radius 1 is 1.03 bits per heavy atom. The Morgan fingerprint density at radius 2 is 1.81 bits per heavy atom. The summed E-state index contributed by atoms with van der Waals surface area (Å²) in [5.41, 5.74) is 5.77. The molecule has 0 radical (unpaired) electrons. The van der Waals surface area contributed by atoms with Crippen LogP contribution in [0.25, 0.3) is 0 Å². The summed E-state index contributed by atoms with van der Waals surface area (Å²) in [5.74, 6) is 3.47. The van der Waals surface area contributed by atoms with Crippen molar-refractivity contribution in [2.45, 2.75) is 55.8 Å². The van der Waals surface area contributed by atoms with Crippen LogP contribution in [0.5, 0.6) is 5.75 Å². The maximum atomic E-state index is 6.47. The van der Waals surface area contributed by atoms with E-state index in [4.69, 9.17) is 9.47 Å². The fourth-order valence-electron chi connectivity index (χ4n) is 4.57. The minimum atomic E-state index is 0.113. The molecule has 0 N–H and O–H groups in total. The highest BCUT2D eigenvalue weighted by Crippen LogP contribution is 2.58. The topological polar surface area (TPSA) is 18.5 Å². The number of ether oxygens (including phenoxy) is 2. The van der Waals surface area contributed by atoms with Gasteiger partial charge in [0.2, 0.25) is 0 Å². The van der Waals surface area contributed by atoms with Gasteiger partial charge in [0.25, 0.3) is 0 Å². The highest BCUT2D eigenvalue weighted by atomic mass is 32.2. The van der Waals surface area contributed by atoms with Crippen molar-refractivity contribution < 1.29 is 9.47 Å². The highest BCUT2D eigenvalue weighted by molar-refractivity contribution is 8.21. The molecule has 2 aromatic rings. The number of allylic oxidation sites excluding steroid dienone is 2. The molecule has 0 aromatic heterocycles. The molecule has 4 rings (SSSR count). The number of benzene rings is 2. The van der Waals surface area contributed by atoms with Crippen molar-refractivity contribution in [2.24, 2.45) is 0 Å². The van der Waals surface area contributed by atoms with Crippen molar-refractivity contribution in [1.29, 1.82) is 0 Å². The summed E-state index contributed by atoms with van der Waals surface area (Å²) in [6, 6.07) is 18.9. The van der Waals surface area contributed by atoms with Crippen molar-refractivity contribution in [3.63, 3.8) is 0 Å². The quantitative estimate of drug-likeness (QED) is 0.338. The van der Waals surface area contributed by atoms with Crippen LogP contribution in [0.4, 0.5) is 0 Å². The van der Waals surface area contributed by atoms with Crippen LogP contribution in [0.15, 0.2) is 77.9 Å². The van der Waals surface area contributed by atoms with Gasteiger partial charge in [0, 0.05) is 17.9 Å². The smallest absolute Gasteiger partial charge is 0.119 e. The Hall–Kier alpha value is -1.62. The van der Waals surface area contributed by atoms with Crippen LogP contribution < -0.4 is 4.74 Å². The zero-order chi connectivity index (χ0) is 22.2. The second kappa shape index (κ2) is 11.5. The molecule has 2 nitrogen and oxygen atoms in total. The maximum absolute atomic E-state index is 6.47. The molecule has 0 bridgehead atoms. The lowest BCUT2D eigenvalue weighted by Gasteiger charge is -2.28. The van der Waals surface area contributed by atoms with Crippen molar-refractivity contribution in [3.05, 3.63) is 89.0 Å². The van der Waals surface area contributed by atoms with E-state index in [1.807, 2.05) is 6.07 Å². The van der Waals surface area contributed by atoms with E-state index >= 15 is 0 Å². The summed E-state index contributed by atoms with van der Waals surface area (Å²) in [5, 5.41) is 0. The van der Waals surface area contributed by atoms with E-state index in [0.717, 1.165) is 25.0 Å². The molecule has 0 saturated carbocycles. The van der Waals surface area contributed by atoms with Gasteiger partial charge in [-0.05, 0) is 61.4 Å². The summed E-state index contributed by atoms with van der Waals surface area (Å²) < 4.78 is 12.1. The molecule has 4 heteroatoms. The van der Waals surface area contributed by atoms with Gasteiger partial charge in [-0.2, -0.15) is 0 Å². The van der Waals surface area contributed by atoms with Crippen molar-refractivity contribution in [3.8, 4) is 5.75 Å². The van der Waals surface area contributed by atoms with E-state index in [1.54, 1.807) is 18.3 Å². The SMILES string of the molecule is COc1cccc(CC/C=C/C(CC2=C(C)CCC23SCCS3)OCc2ccccc2)c1. The molecule has 1 unspecified atom stereocenters. The van der Waals surface area contributed by atoms with Gasteiger partial charge in [-0.1, -0.05) is 60.2 Å². The van der Waals surface area contributed by atoms with Crippen molar-refractivity contribution in [1.82, 2.24) is 0 Å². The molecule has 1 aliphatic heterocycles. The number of hydrogen-bond acceptors (Lipinski definition) is 4. The Bertz CT molecular complexity index is 929. The minimum Gasteiger partial charge on any atom is -0.497 e. The monoisotopic (exact) mass is 466 g/mol. The van der Waals surface area contributed by atoms with Crippen LogP contribution in [-0.4, -0.2) is 28.8 Å². The normalized spacial score (nSPS) is 18.7. The fourth-order valence-corrected chi connectivity index (χ4v) is 8.09. The van der Waals surface area contributed by atoms with Crippen LogP contribution in [0.2, 0.25) is 0 Å². The van der Waals surface area contributed by atoms with Crippen LogP contribution in [0.1, 0.15) is 43.7 Å². The Morgan fingerprint density at radius 3 is 2.59 bits per heavy atom. The molecule has 1 heterocycles. The third-order valence-electron chi connectivity index (χ3n) is 6.35. The number of hydrogen-bond donors (Lipinski definition) is 0. The third-order valence-corrected chi connectivity index (χ3v) is 9.97. The molecule has 2 aromatic carbocycles. The second-order valence-electron chi connectivity index (χ2n) is 8.57. The average Bonchev–Trinajstić information content (AvgIpc) is 3.43. The standard InChI is InChI=1S/C28H34O2S2/c1-22-15-16-28(31-17-18-32-28)27(22)20-26(30-21-24-10-4-3-5-11-24)13-7-6-9-23-12-8-14-25(19-23)29-2/h3-5,7-8,10-14,19,26H,6,9,15-18,20-21H2,1-2H3/b13-7+. The zero-order valence-corrected chi connectivity index (χ0v) is 20.9. The minimum absolute atomic E-state index is 0.113. The van der Waals surface area contributed by atoms with Crippen LogP contribution >= 0.6 is 23.5 Å². The van der Waals surface area contributed by atoms with Crippen molar-refractivity contribution >= 4 is 23.5 Å². The average molecular weight is 467 g/mol. The first kappa shape index (κ1) is 23.5. The largest absolute Gasteiger partial charge is 0.497 e. The van der Waals surface area contributed by atoms with Gasteiger partial charge in [-0.3, -0.25) is 0 Å². The molecule has 1 fully saturated rings. The summed E-state index contributed by atoms with van der Waals surface area (Å²) in [6.45, 7) is 3.00. The van der Waals surface area contributed by atoms with Crippen LogP contribution in [-0.2, 0) is 17.8 Å². The van der Waals surface area contributed by atoms with E-state index in [0.29, 0.717) is 10.7 Å². The van der Waals surface area contributed by atoms with E-state index in [1.165, 1.54) is 35.5 Å². The van der Waals surface area contributed by atoms with Crippen LogP contribution in [0.3, 0.4) is 0 Å². The molecule has 1 spiro atoms. The van der Waals surface area contributed by atoms with Gasteiger partial charge >= 0.3 is 0 Å². The first-order valence-electron chi connectivity index (χ1n) is 11.6. The molecule has 1 aliphatic carbocycles. The van der Waals surface area contributed by atoms with Crippen LogP contribution in [0, 0.1) is 0 Å². The van der Waals surface area contributed by atoms with Crippen molar-refractivity contribution in [2.75, 3.05) is 18.6 Å². The summed E-state index contributed by atoms with van der Waals surface area (Å²) in [7, 11) is 1.72. The molecule has 0 amide bonds.